The predicted octanol–water partition coefficient (Wildman–Crippen LogP) is 1.39. The smallest absolute Gasteiger partial charge is 0.319 e. The first-order chi connectivity index (χ1) is 7.41. The van der Waals surface area contributed by atoms with Crippen LogP contribution in [0.15, 0.2) is 18.2 Å². The van der Waals surface area contributed by atoms with Crippen LogP contribution in [-0.2, 0) is 0 Å². The molecule has 0 saturated heterocycles. The number of nitrogens with one attached hydrogen (secondary N) is 1. The van der Waals surface area contributed by atoms with E-state index in [0.717, 1.165) is 12.1 Å². The van der Waals surface area contributed by atoms with Crippen molar-refractivity contribution in [3.05, 3.63) is 38.4 Å². The summed E-state index contributed by atoms with van der Waals surface area (Å²) >= 11 is 0. The molecule has 0 heterocycles. The highest BCUT2D eigenvalue weighted by Gasteiger charge is 2.24. The molecule has 0 unspecified atom stereocenters. The summed E-state index contributed by atoms with van der Waals surface area (Å²) in [5.41, 5.74) is 2.14. The van der Waals surface area contributed by atoms with Gasteiger partial charge in [0.2, 0.25) is 0 Å². The lowest BCUT2D eigenvalue weighted by Gasteiger charge is -2.12. The average molecular weight is 226 g/mol. The number of benzene rings is 1. The molecule has 16 heavy (non-hydrogen) atoms. The molecule has 0 aromatic heterocycles. The van der Waals surface area contributed by atoms with Gasteiger partial charge in [-0.05, 0) is 6.07 Å². The molecular weight excluding hydrogens is 216 g/mol. The van der Waals surface area contributed by atoms with Crippen LogP contribution < -0.4 is 5.43 Å². The van der Waals surface area contributed by atoms with Gasteiger partial charge in [0.25, 0.3) is 0 Å². The third-order valence-electron chi connectivity index (χ3n) is 1.72. The first kappa shape index (κ1) is 11.9. The SMILES string of the molecule is CN(C)Nc1ccc([N+](=O)[O-])c([N+](=O)[O-])c1. The number of nitro groups is 2. The molecule has 0 aliphatic carbocycles. The van der Waals surface area contributed by atoms with Crippen molar-refractivity contribution in [3.63, 3.8) is 0 Å². The van der Waals surface area contributed by atoms with E-state index < -0.39 is 21.2 Å². The lowest BCUT2D eigenvalue weighted by atomic mass is 10.2. The van der Waals surface area contributed by atoms with E-state index in [4.69, 9.17) is 0 Å². The van der Waals surface area contributed by atoms with Crippen molar-refractivity contribution in [2.45, 2.75) is 0 Å². The van der Waals surface area contributed by atoms with Gasteiger partial charge in [-0.1, -0.05) is 0 Å². The normalized spacial score (nSPS) is 10.2. The van der Waals surface area contributed by atoms with Gasteiger partial charge in [0.05, 0.1) is 15.5 Å². The standard InChI is InChI=1S/C8H10N4O4/c1-10(2)9-6-3-4-7(11(13)14)8(5-6)12(15)16/h3-5,9H,1-2H3. The van der Waals surface area contributed by atoms with Crippen molar-refractivity contribution in [2.24, 2.45) is 0 Å². The van der Waals surface area contributed by atoms with Crippen LogP contribution in [0.4, 0.5) is 17.1 Å². The molecule has 0 saturated carbocycles. The summed E-state index contributed by atoms with van der Waals surface area (Å²) in [5.74, 6) is 0. The van der Waals surface area contributed by atoms with Gasteiger partial charge in [0, 0.05) is 26.2 Å². The molecular formula is C8H10N4O4. The number of rotatable bonds is 4. The maximum atomic E-state index is 10.6. The molecule has 1 aromatic rings. The number of anilines is 1. The molecule has 0 radical (unpaired) electrons. The van der Waals surface area contributed by atoms with Crippen molar-refractivity contribution >= 4 is 17.1 Å². The van der Waals surface area contributed by atoms with Crippen molar-refractivity contribution < 1.29 is 9.85 Å². The van der Waals surface area contributed by atoms with Crippen molar-refractivity contribution in [1.82, 2.24) is 5.01 Å². The second kappa shape index (κ2) is 4.53. The van der Waals surface area contributed by atoms with Gasteiger partial charge in [0.1, 0.15) is 0 Å². The molecule has 86 valence electrons. The lowest BCUT2D eigenvalue weighted by molar-refractivity contribution is -0.422. The number of nitro benzene ring substituents is 2. The van der Waals surface area contributed by atoms with Crippen LogP contribution in [0, 0.1) is 20.2 Å². The molecule has 0 aliphatic heterocycles. The highest BCUT2D eigenvalue weighted by molar-refractivity contribution is 5.61. The van der Waals surface area contributed by atoms with Crippen LogP contribution in [0.1, 0.15) is 0 Å². The van der Waals surface area contributed by atoms with Gasteiger partial charge in [-0.2, -0.15) is 0 Å². The summed E-state index contributed by atoms with van der Waals surface area (Å²) in [6.07, 6.45) is 0. The molecule has 0 amide bonds. The summed E-state index contributed by atoms with van der Waals surface area (Å²) in [6.45, 7) is 0. The summed E-state index contributed by atoms with van der Waals surface area (Å²) in [6, 6.07) is 3.63. The number of hydrazine groups is 1. The van der Waals surface area contributed by atoms with E-state index in [1.54, 1.807) is 19.1 Å². The molecule has 0 aliphatic rings. The quantitative estimate of drug-likeness (QED) is 0.614. The van der Waals surface area contributed by atoms with Crippen LogP contribution in [0.3, 0.4) is 0 Å². The van der Waals surface area contributed by atoms with E-state index in [-0.39, 0.29) is 0 Å². The molecule has 1 aromatic carbocycles. The first-order valence-electron chi connectivity index (χ1n) is 4.28. The average Bonchev–Trinajstić information content (AvgIpc) is 2.16. The van der Waals surface area contributed by atoms with E-state index in [2.05, 4.69) is 5.43 Å². The number of nitrogens with zero attached hydrogens (tertiary/aromatic N) is 3. The summed E-state index contributed by atoms with van der Waals surface area (Å²) in [7, 11) is 3.40. The van der Waals surface area contributed by atoms with Gasteiger partial charge in [-0.3, -0.25) is 20.2 Å². The Bertz CT molecular complexity index is 432. The molecule has 1 rings (SSSR count). The van der Waals surface area contributed by atoms with Gasteiger partial charge in [-0.25, -0.2) is 5.01 Å². The Kier molecular flexibility index (Phi) is 3.36. The maximum Gasteiger partial charge on any atom is 0.348 e. The van der Waals surface area contributed by atoms with Crippen molar-refractivity contribution in [3.8, 4) is 0 Å². The Labute approximate surface area is 90.7 Å². The minimum atomic E-state index is -0.780. The predicted molar refractivity (Wildman–Crippen MR) is 57.1 cm³/mol. The Hall–Kier alpha value is -2.22. The third kappa shape index (κ3) is 2.64. The third-order valence-corrected chi connectivity index (χ3v) is 1.72. The number of hydrogen-bond donors (Lipinski definition) is 1. The monoisotopic (exact) mass is 226 g/mol. The largest absolute Gasteiger partial charge is 0.348 e. The molecule has 8 nitrogen and oxygen atoms in total. The fourth-order valence-corrected chi connectivity index (χ4v) is 1.15. The second-order valence-corrected chi connectivity index (χ2v) is 3.22. The fourth-order valence-electron chi connectivity index (χ4n) is 1.15. The van der Waals surface area contributed by atoms with E-state index in [9.17, 15) is 20.2 Å². The zero-order chi connectivity index (χ0) is 12.3. The van der Waals surface area contributed by atoms with E-state index in [1.165, 1.54) is 6.07 Å². The number of hydrogen-bond acceptors (Lipinski definition) is 6. The van der Waals surface area contributed by atoms with Crippen molar-refractivity contribution in [2.75, 3.05) is 19.5 Å². The highest BCUT2D eigenvalue weighted by Crippen LogP contribution is 2.29. The van der Waals surface area contributed by atoms with Gasteiger partial charge in [-0.15, -0.1) is 0 Å². The van der Waals surface area contributed by atoms with Crippen LogP contribution in [-0.4, -0.2) is 29.0 Å². The van der Waals surface area contributed by atoms with Gasteiger partial charge >= 0.3 is 11.4 Å². The summed E-state index contributed by atoms with van der Waals surface area (Å²) < 4.78 is 0. The molecule has 0 bridgehead atoms. The topological polar surface area (TPSA) is 102 Å². The van der Waals surface area contributed by atoms with E-state index in [0.29, 0.717) is 5.69 Å². The fraction of sp³-hybridized carbons (Fsp3) is 0.250. The minimum Gasteiger partial charge on any atom is -0.319 e. The maximum absolute atomic E-state index is 10.6. The summed E-state index contributed by atoms with van der Waals surface area (Å²) in [5, 5.41) is 22.7. The molecule has 0 spiro atoms. The molecule has 0 atom stereocenters. The Morgan fingerprint density at radius 2 is 1.69 bits per heavy atom. The van der Waals surface area contributed by atoms with Gasteiger partial charge < -0.3 is 5.43 Å². The minimum absolute atomic E-state index is 0.419. The Balaban J connectivity index is 3.17. The second-order valence-electron chi connectivity index (χ2n) is 3.22. The van der Waals surface area contributed by atoms with Crippen LogP contribution in [0.25, 0.3) is 0 Å². The lowest BCUT2D eigenvalue weighted by Crippen LogP contribution is -2.19. The van der Waals surface area contributed by atoms with Gasteiger partial charge in [0.15, 0.2) is 0 Å². The van der Waals surface area contributed by atoms with Crippen LogP contribution in [0.5, 0.6) is 0 Å². The molecule has 1 N–H and O–H groups in total. The molecule has 8 heteroatoms. The Morgan fingerprint density at radius 1 is 1.12 bits per heavy atom. The summed E-state index contributed by atoms with van der Waals surface area (Å²) in [4.78, 5) is 19.6. The van der Waals surface area contributed by atoms with Crippen molar-refractivity contribution in [1.29, 1.82) is 0 Å². The zero-order valence-corrected chi connectivity index (χ0v) is 8.71. The van der Waals surface area contributed by atoms with Crippen LogP contribution in [0.2, 0.25) is 0 Å². The highest BCUT2D eigenvalue weighted by atomic mass is 16.6. The first-order valence-corrected chi connectivity index (χ1v) is 4.28. The molecule has 0 fully saturated rings. The zero-order valence-electron chi connectivity index (χ0n) is 8.71. The van der Waals surface area contributed by atoms with Crippen LogP contribution >= 0.6 is 0 Å². The van der Waals surface area contributed by atoms with E-state index >= 15 is 0 Å². The van der Waals surface area contributed by atoms with E-state index in [1.807, 2.05) is 0 Å². The Morgan fingerprint density at radius 3 is 2.12 bits per heavy atom.